The third-order valence-electron chi connectivity index (χ3n) is 5.96. The van der Waals surface area contributed by atoms with Gasteiger partial charge in [-0.2, -0.15) is 0 Å². The summed E-state index contributed by atoms with van der Waals surface area (Å²) < 4.78 is 11.6. The predicted molar refractivity (Wildman–Crippen MR) is 141 cm³/mol. The number of benzene rings is 4. The molecule has 0 aliphatic carbocycles. The minimum absolute atomic E-state index is 0.203. The topological polar surface area (TPSA) is 55.8 Å². The smallest absolute Gasteiger partial charge is 0.424 e. The van der Waals surface area contributed by atoms with E-state index in [4.69, 9.17) is 9.47 Å². The number of anilines is 2. The summed E-state index contributed by atoms with van der Waals surface area (Å²) in [5.41, 5.74) is 3.89. The number of amides is 1. The van der Waals surface area contributed by atoms with E-state index in [9.17, 15) is 9.59 Å². The number of para-hydroxylation sites is 2. The Balaban J connectivity index is 1.37. The molecule has 0 bridgehead atoms. The van der Waals surface area contributed by atoms with E-state index < -0.39 is 6.09 Å². The van der Waals surface area contributed by atoms with Gasteiger partial charge in [-0.3, -0.25) is 4.79 Å². The third-order valence-corrected chi connectivity index (χ3v) is 5.96. The van der Waals surface area contributed by atoms with Crippen molar-refractivity contribution >= 4 is 29.3 Å². The first-order valence-electron chi connectivity index (χ1n) is 11.8. The number of ether oxygens (including phenoxy) is 2. The molecule has 4 aromatic carbocycles. The molecule has 0 radical (unpaired) electrons. The number of carbonyl (C=O) groups excluding carboxylic acids is 2. The number of nitrogens with zero attached hydrogens (tertiary/aromatic N) is 1. The Kier molecular flexibility index (Phi) is 6.37. The van der Waals surface area contributed by atoms with Crippen molar-refractivity contribution in [3.63, 3.8) is 0 Å². The second-order valence-corrected chi connectivity index (χ2v) is 8.79. The van der Waals surface area contributed by atoms with E-state index in [1.165, 1.54) is 10.5 Å². The van der Waals surface area contributed by atoms with Crippen molar-refractivity contribution in [2.24, 2.45) is 0 Å². The van der Waals surface area contributed by atoms with Crippen LogP contribution in [0.25, 0.3) is 6.08 Å². The van der Waals surface area contributed by atoms with E-state index in [0.29, 0.717) is 28.6 Å². The summed E-state index contributed by atoms with van der Waals surface area (Å²) >= 11 is 0. The molecule has 0 N–H and O–H groups in total. The van der Waals surface area contributed by atoms with Crippen LogP contribution in [0, 0.1) is 0 Å². The lowest BCUT2D eigenvalue weighted by molar-refractivity contribution is 0.101. The van der Waals surface area contributed by atoms with Gasteiger partial charge in [0.15, 0.2) is 5.76 Å². The van der Waals surface area contributed by atoms with Crippen molar-refractivity contribution < 1.29 is 19.1 Å². The number of hydrogen-bond donors (Lipinski definition) is 0. The first kappa shape index (κ1) is 23.1. The molecule has 5 heteroatoms. The van der Waals surface area contributed by atoms with Crippen LogP contribution in [0.4, 0.5) is 16.2 Å². The number of rotatable bonds is 5. The zero-order valence-electron chi connectivity index (χ0n) is 20.0. The molecule has 5 nitrogen and oxygen atoms in total. The van der Waals surface area contributed by atoms with Crippen molar-refractivity contribution in [1.82, 2.24) is 0 Å². The maximum Gasteiger partial charge on any atom is 0.424 e. The van der Waals surface area contributed by atoms with Gasteiger partial charge >= 0.3 is 6.09 Å². The molecule has 178 valence electrons. The summed E-state index contributed by atoms with van der Waals surface area (Å²) in [7, 11) is 0. The van der Waals surface area contributed by atoms with Crippen LogP contribution in [0.2, 0.25) is 0 Å². The van der Waals surface area contributed by atoms with E-state index in [0.717, 1.165) is 5.56 Å². The minimum Gasteiger partial charge on any atom is -0.452 e. The predicted octanol–water partition coefficient (Wildman–Crippen LogP) is 7.76. The van der Waals surface area contributed by atoms with Crippen LogP contribution in [0.1, 0.15) is 41.3 Å². The number of fused-ring (bicyclic) bond motifs is 1. The molecule has 0 fully saturated rings. The van der Waals surface area contributed by atoms with Crippen LogP contribution >= 0.6 is 0 Å². The van der Waals surface area contributed by atoms with Gasteiger partial charge in [0.05, 0.1) is 16.9 Å². The molecule has 0 aromatic heterocycles. The Hall–Kier alpha value is -4.64. The molecule has 0 saturated carbocycles. The van der Waals surface area contributed by atoms with Gasteiger partial charge in [-0.1, -0.05) is 74.5 Å². The molecule has 0 saturated heterocycles. The Morgan fingerprint density at radius 2 is 1.44 bits per heavy atom. The van der Waals surface area contributed by atoms with E-state index in [1.54, 1.807) is 24.3 Å². The average Bonchev–Trinajstić information content (AvgIpc) is 3.20. The first-order valence-corrected chi connectivity index (χ1v) is 11.8. The van der Waals surface area contributed by atoms with Crippen LogP contribution in [0.3, 0.4) is 0 Å². The fourth-order valence-corrected chi connectivity index (χ4v) is 4.02. The zero-order chi connectivity index (χ0) is 25.1. The normalized spacial score (nSPS) is 13.4. The average molecular weight is 476 g/mol. The van der Waals surface area contributed by atoms with E-state index in [1.807, 2.05) is 84.9 Å². The van der Waals surface area contributed by atoms with Crippen molar-refractivity contribution in [3.8, 4) is 11.5 Å². The van der Waals surface area contributed by atoms with Crippen molar-refractivity contribution in [2.45, 2.75) is 19.8 Å². The van der Waals surface area contributed by atoms with E-state index in [-0.39, 0.29) is 17.3 Å². The maximum atomic E-state index is 13.2. The van der Waals surface area contributed by atoms with Gasteiger partial charge in [-0.05, 0) is 59.5 Å². The van der Waals surface area contributed by atoms with Gasteiger partial charge in [0, 0.05) is 6.07 Å². The highest BCUT2D eigenvalue weighted by atomic mass is 16.6. The molecule has 0 unspecified atom stereocenters. The number of ketones is 1. The molecule has 0 atom stereocenters. The SMILES string of the molecule is CC(C)c1ccc(C=C2Oc3cc(OC(=O)N(c4ccccc4)c4ccccc4)ccc3C2=O)cc1. The molecule has 1 aliphatic rings. The molecule has 36 heavy (non-hydrogen) atoms. The monoisotopic (exact) mass is 475 g/mol. The Morgan fingerprint density at radius 3 is 2.03 bits per heavy atom. The number of hydrogen-bond acceptors (Lipinski definition) is 4. The Labute approximate surface area is 210 Å². The third kappa shape index (κ3) is 4.77. The van der Waals surface area contributed by atoms with Crippen LogP contribution < -0.4 is 14.4 Å². The zero-order valence-corrected chi connectivity index (χ0v) is 20.0. The maximum absolute atomic E-state index is 13.2. The second-order valence-electron chi connectivity index (χ2n) is 8.79. The summed E-state index contributed by atoms with van der Waals surface area (Å²) in [5, 5.41) is 0. The quantitative estimate of drug-likeness (QED) is 0.277. The van der Waals surface area contributed by atoms with Crippen molar-refractivity contribution in [1.29, 1.82) is 0 Å². The lowest BCUT2D eigenvalue weighted by Crippen LogP contribution is -2.29. The van der Waals surface area contributed by atoms with Crippen LogP contribution in [0.15, 0.2) is 109 Å². The Morgan fingerprint density at radius 1 is 0.833 bits per heavy atom. The largest absolute Gasteiger partial charge is 0.452 e. The number of Topliss-reactive ketones (excluding diaryl/α,β-unsaturated/α-hetero) is 1. The van der Waals surface area contributed by atoms with Gasteiger partial charge < -0.3 is 9.47 Å². The van der Waals surface area contributed by atoms with Crippen molar-refractivity contribution in [3.05, 3.63) is 126 Å². The molecular weight excluding hydrogens is 450 g/mol. The molecule has 5 rings (SSSR count). The Bertz CT molecular complexity index is 1390. The fraction of sp³-hybridized carbons (Fsp3) is 0.0968. The van der Waals surface area contributed by atoms with Crippen molar-refractivity contribution in [2.75, 3.05) is 4.90 Å². The molecule has 1 aliphatic heterocycles. The van der Waals surface area contributed by atoms with Crippen LogP contribution in [0.5, 0.6) is 11.5 Å². The summed E-state index contributed by atoms with van der Waals surface area (Å²) in [6.45, 7) is 4.27. The fourth-order valence-electron chi connectivity index (χ4n) is 4.02. The van der Waals surface area contributed by atoms with Gasteiger partial charge in [-0.25, -0.2) is 9.69 Å². The molecule has 0 spiro atoms. The molecular formula is C31H25NO4. The van der Waals surface area contributed by atoms with E-state index >= 15 is 0 Å². The highest BCUT2D eigenvalue weighted by Crippen LogP contribution is 2.36. The number of allylic oxidation sites excluding steroid dienone is 1. The summed E-state index contributed by atoms with van der Waals surface area (Å²) in [4.78, 5) is 27.6. The summed E-state index contributed by atoms with van der Waals surface area (Å²) in [6, 6.07) is 31.4. The summed E-state index contributed by atoms with van der Waals surface area (Å²) in [6.07, 6.45) is 1.16. The van der Waals surface area contributed by atoms with Gasteiger partial charge in [0.1, 0.15) is 11.5 Å². The van der Waals surface area contributed by atoms with Crippen LogP contribution in [-0.2, 0) is 0 Å². The van der Waals surface area contributed by atoms with E-state index in [2.05, 4.69) is 13.8 Å². The lowest BCUT2D eigenvalue weighted by Gasteiger charge is -2.22. The number of carbonyl (C=O) groups is 2. The molecule has 4 aromatic rings. The standard InChI is InChI=1S/C31H25NO4/c1-21(2)23-15-13-22(14-16-23)19-29-30(33)27-18-17-26(20-28(27)36-29)35-31(34)32(24-9-5-3-6-10-24)25-11-7-4-8-12-25/h3-21H,1-2H3. The van der Waals surface area contributed by atoms with Gasteiger partial charge in [0.25, 0.3) is 0 Å². The molecule has 1 amide bonds. The van der Waals surface area contributed by atoms with Gasteiger partial charge in [-0.15, -0.1) is 0 Å². The minimum atomic E-state index is -0.572. The first-order chi connectivity index (χ1) is 17.5. The highest BCUT2D eigenvalue weighted by Gasteiger charge is 2.28. The highest BCUT2D eigenvalue weighted by molar-refractivity contribution is 6.14. The van der Waals surface area contributed by atoms with Crippen LogP contribution in [-0.4, -0.2) is 11.9 Å². The lowest BCUT2D eigenvalue weighted by atomic mass is 10.0. The summed E-state index contributed by atoms with van der Waals surface area (Å²) in [5.74, 6) is 1.11. The van der Waals surface area contributed by atoms with Gasteiger partial charge in [0.2, 0.25) is 5.78 Å². The molecule has 1 heterocycles. The second kappa shape index (κ2) is 9.92.